The number of carboxylic acids is 1. The number of amides is 1. The van der Waals surface area contributed by atoms with Crippen LogP contribution >= 0.6 is 0 Å². The number of carboxylic acid groups (broad SMARTS) is 1. The molecule has 1 unspecified atom stereocenters. The maximum atomic E-state index is 12.4. The quantitative estimate of drug-likeness (QED) is 0.780. The number of hydrogen-bond donors (Lipinski definition) is 2. The molecule has 1 aliphatic heterocycles. The van der Waals surface area contributed by atoms with Crippen molar-refractivity contribution in [3.8, 4) is 5.75 Å². The SMILES string of the molecule is O=C(Cc1ccc(C(=O)O)cc1)Nc1ccccc1OCC1CCCCO1. The summed E-state index contributed by atoms with van der Waals surface area (Å²) in [6, 6.07) is 13.6. The van der Waals surface area contributed by atoms with Crippen LogP contribution in [-0.4, -0.2) is 36.3 Å². The number of aromatic carboxylic acids is 1. The number of carbonyl (C=O) groups excluding carboxylic acids is 1. The summed E-state index contributed by atoms with van der Waals surface area (Å²) in [6.45, 7) is 1.23. The van der Waals surface area contributed by atoms with Crippen molar-refractivity contribution >= 4 is 17.6 Å². The summed E-state index contributed by atoms with van der Waals surface area (Å²) in [5, 5.41) is 11.8. The van der Waals surface area contributed by atoms with Gasteiger partial charge in [-0.3, -0.25) is 4.79 Å². The minimum Gasteiger partial charge on any atom is -0.489 e. The zero-order valence-corrected chi connectivity index (χ0v) is 15.0. The average Bonchev–Trinajstić information content (AvgIpc) is 2.68. The summed E-state index contributed by atoms with van der Waals surface area (Å²) in [4.78, 5) is 23.2. The molecule has 1 saturated heterocycles. The van der Waals surface area contributed by atoms with Gasteiger partial charge in [0.15, 0.2) is 0 Å². The zero-order chi connectivity index (χ0) is 19.1. The van der Waals surface area contributed by atoms with Crippen LogP contribution in [0.3, 0.4) is 0 Å². The Hall–Kier alpha value is -2.86. The Morgan fingerprint density at radius 1 is 1.11 bits per heavy atom. The van der Waals surface area contributed by atoms with E-state index in [0.717, 1.165) is 31.4 Å². The lowest BCUT2D eigenvalue weighted by atomic mass is 10.1. The predicted octanol–water partition coefficient (Wildman–Crippen LogP) is 3.51. The molecule has 2 aromatic carbocycles. The third-order valence-electron chi connectivity index (χ3n) is 4.43. The molecule has 3 rings (SSSR count). The summed E-state index contributed by atoms with van der Waals surface area (Å²) in [7, 11) is 0. The third kappa shape index (κ3) is 5.56. The average molecular weight is 369 g/mol. The first-order valence-electron chi connectivity index (χ1n) is 9.07. The fourth-order valence-electron chi connectivity index (χ4n) is 2.96. The van der Waals surface area contributed by atoms with Crippen LogP contribution in [0, 0.1) is 0 Å². The van der Waals surface area contributed by atoms with Crippen LogP contribution in [0.15, 0.2) is 48.5 Å². The predicted molar refractivity (Wildman–Crippen MR) is 101 cm³/mol. The van der Waals surface area contributed by atoms with Crippen molar-refractivity contribution in [3.05, 3.63) is 59.7 Å². The molecule has 0 bridgehead atoms. The van der Waals surface area contributed by atoms with Gasteiger partial charge < -0.3 is 19.9 Å². The molecule has 1 heterocycles. The molecule has 0 radical (unpaired) electrons. The molecule has 0 aromatic heterocycles. The van der Waals surface area contributed by atoms with Gasteiger partial charge in [-0.25, -0.2) is 4.79 Å². The van der Waals surface area contributed by atoms with Gasteiger partial charge >= 0.3 is 5.97 Å². The molecule has 6 nitrogen and oxygen atoms in total. The van der Waals surface area contributed by atoms with Crippen molar-refractivity contribution in [2.24, 2.45) is 0 Å². The summed E-state index contributed by atoms with van der Waals surface area (Å²) in [6.07, 6.45) is 3.47. The van der Waals surface area contributed by atoms with E-state index < -0.39 is 5.97 Å². The van der Waals surface area contributed by atoms with Crippen molar-refractivity contribution in [3.63, 3.8) is 0 Å². The maximum Gasteiger partial charge on any atom is 0.335 e. The largest absolute Gasteiger partial charge is 0.489 e. The molecule has 2 aromatic rings. The minimum absolute atomic E-state index is 0.0928. The Morgan fingerprint density at radius 2 is 1.89 bits per heavy atom. The Kier molecular flexibility index (Phi) is 6.44. The number of nitrogens with one attached hydrogen (secondary N) is 1. The number of benzene rings is 2. The molecule has 1 aliphatic rings. The molecular weight excluding hydrogens is 346 g/mol. The van der Waals surface area contributed by atoms with Gasteiger partial charge in [0, 0.05) is 6.61 Å². The molecule has 1 atom stereocenters. The van der Waals surface area contributed by atoms with E-state index in [-0.39, 0.29) is 24.0 Å². The highest BCUT2D eigenvalue weighted by molar-refractivity contribution is 5.94. The summed E-state index contributed by atoms with van der Waals surface area (Å²) >= 11 is 0. The Labute approximate surface area is 158 Å². The van der Waals surface area contributed by atoms with Gasteiger partial charge in [0.2, 0.25) is 5.91 Å². The monoisotopic (exact) mass is 369 g/mol. The maximum absolute atomic E-state index is 12.4. The summed E-state index contributed by atoms with van der Waals surface area (Å²) < 4.78 is 11.5. The van der Waals surface area contributed by atoms with Gasteiger partial charge in [-0.2, -0.15) is 0 Å². The third-order valence-corrected chi connectivity index (χ3v) is 4.43. The van der Waals surface area contributed by atoms with E-state index in [9.17, 15) is 9.59 Å². The number of hydrogen-bond acceptors (Lipinski definition) is 4. The molecule has 6 heteroatoms. The van der Waals surface area contributed by atoms with Gasteiger partial charge in [-0.1, -0.05) is 24.3 Å². The number of ether oxygens (including phenoxy) is 2. The number of rotatable bonds is 7. The van der Waals surface area contributed by atoms with Crippen molar-refractivity contribution in [1.29, 1.82) is 0 Å². The first-order chi connectivity index (χ1) is 13.1. The number of para-hydroxylation sites is 2. The molecule has 1 fully saturated rings. The van der Waals surface area contributed by atoms with Gasteiger partial charge in [-0.15, -0.1) is 0 Å². The molecule has 0 saturated carbocycles. The van der Waals surface area contributed by atoms with Crippen molar-refractivity contribution in [2.45, 2.75) is 31.8 Å². The van der Waals surface area contributed by atoms with Crippen molar-refractivity contribution < 1.29 is 24.2 Å². The van der Waals surface area contributed by atoms with E-state index in [0.29, 0.717) is 18.0 Å². The fraction of sp³-hybridized carbons (Fsp3) is 0.333. The Bertz CT molecular complexity index is 781. The van der Waals surface area contributed by atoms with Crippen LogP contribution in [0.25, 0.3) is 0 Å². The lowest BCUT2D eigenvalue weighted by molar-refractivity contribution is -0.115. The smallest absolute Gasteiger partial charge is 0.335 e. The van der Waals surface area contributed by atoms with E-state index in [1.165, 1.54) is 12.1 Å². The van der Waals surface area contributed by atoms with Gasteiger partial charge in [0.25, 0.3) is 0 Å². The first-order valence-corrected chi connectivity index (χ1v) is 9.07. The summed E-state index contributed by atoms with van der Waals surface area (Å²) in [5.74, 6) is -0.566. The van der Waals surface area contributed by atoms with Gasteiger partial charge in [0.1, 0.15) is 12.4 Å². The molecule has 2 N–H and O–H groups in total. The second-order valence-corrected chi connectivity index (χ2v) is 6.52. The summed E-state index contributed by atoms with van der Waals surface area (Å²) in [5.41, 5.74) is 1.55. The highest BCUT2D eigenvalue weighted by Crippen LogP contribution is 2.25. The first kappa shape index (κ1) is 18.9. The Balaban J connectivity index is 1.57. The normalized spacial score (nSPS) is 16.5. The number of carbonyl (C=O) groups is 2. The molecule has 0 spiro atoms. The van der Waals surface area contributed by atoms with E-state index >= 15 is 0 Å². The van der Waals surface area contributed by atoms with Gasteiger partial charge in [0.05, 0.1) is 23.8 Å². The van der Waals surface area contributed by atoms with Crippen LogP contribution in [0.4, 0.5) is 5.69 Å². The van der Waals surface area contributed by atoms with Crippen molar-refractivity contribution in [1.82, 2.24) is 0 Å². The standard InChI is InChI=1S/C21H23NO5/c23-20(13-15-8-10-16(11-9-15)21(24)25)22-18-6-1-2-7-19(18)27-14-17-5-3-4-12-26-17/h1-2,6-11,17H,3-5,12-14H2,(H,22,23)(H,24,25). The molecule has 142 valence electrons. The Morgan fingerprint density at radius 3 is 2.59 bits per heavy atom. The lowest BCUT2D eigenvalue weighted by Crippen LogP contribution is -2.26. The highest BCUT2D eigenvalue weighted by atomic mass is 16.5. The van der Waals surface area contributed by atoms with Crippen LogP contribution in [-0.2, 0) is 16.0 Å². The van der Waals surface area contributed by atoms with E-state index in [2.05, 4.69) is 5.32 Å². The van der Waals surface area contributed by atoms with Crippen LogP contribution in [0.2, 0.25) is 0 Å². The second-order valence-electron chi connectivity index (χ2n) is 6.52. The van der Waals surface area contributed by atoms with Gasteiger partial charge in [-0.05, 0) is 49.1 Å². The fourth-order valence-corrected chi connectivity index (χ4v) is 2.96. The zero-order valence-electron chi connectivity index (χ0n) is 15.0. The van der Waals surface area contributed by atoms with Crippen molar-refractivity contribution in [2.75, 3.05) is 18.5 Å². The minimum atomic E-state index is -0.987. The molecule has 27 heavy (non-hydrogen) atoms. The molecular formula is C21H23NO5. The lowest BCUT2D eigenvalue weighted by Gasteiger charge is -2.23. The van der Waals surface area contributed by atoms with Crippen LogP contribution < -0.4 is 10.1 Å². The van der Waals surface area contributed by atoms with E-state index in [4.69, 9.17) is 14.6 Å². The topological polar surface area (TPSA) is 84.9 Å². The van der Waals surface area contributed by atoms with E-state index in [1.807, 2.05) is 18.2 Å². The van der Waals surface area contributed by atoms with Crippen LogP contribution in [0.5, 0.6) is 5.75 Å². The van der Waals surface area contributed by atoms with Crippen LogP contribution in [0.1, 0.15) is 35.2 Å². The second kappa shape index (κ2) is 9.19. The number of anilines is 1. The molecule has 1 amide bonds. The van der Waals surface area contributed by atoms with E-state index in [1.54, 1.807) is 18.2 Å². The highest BCUT2D eigenvalue weighted by Gasteiger charge is 2.16. The molecule has 0 aliphatic carbocycles.